The summed E-state index contributed by atoms with van der Waals surface area (Å²) in [5.41, 5.74) is 8.25. The SMILES string of the molecule is COc1cc(C#Cc2nn([C@H]3CCN(C(=O)/C=C/CN(C)C)C3)c3c(C#N)cnc(N)c23)cc(OC)c1. The third-order valence-corrected chi connectivity index (χ3v) is 6.10. The van der Waals surface area contributed by atoms with Crippen LogP contribution >= 0.6 is 0 Å². The topological polar surface area (TPSA) is 123 Å². The minimum Gasteiger partial charge on any atom is -0.497 e. The number of carbonyl (C=O) groups is 1. The van der Waals surface area contributed by atoms with Crippen molar-refractivity contribution >= 4 is 22.6 Å². The van der Waals surface area contributed by atoms with Crippen LogP contribution in [0.1, 0.15) is 29.3 Å². The number of rotatable bonds is 6. The Hall–Kier alpha value is -4.54. The predicted octanol–water partition coefficient (Wildman–Crippen LogP) is 2.19. The quantitative estimate of drug-likeness (QED) is 0.405. The van der Waals surface area contributed by atoms with Crippen molar-refractivity contribution in [2.45, 2.75) is 12.5 Å². The molecule has 3 heterocycles. The predicted molar refractivity (Wildman–Crippen MR) is 140 cm³/mol. The number of hydrogen-bond donors (Lipinski definition) is 1. The van der Waals surface area contributed by atoms with Crippen LogP contribution in [0.5, 0.6) is 11.5 Å². The Labute approximate surface area is 215 Å². The Kier molecular flexibility index (Phi) is 7.61. The molecule has 0 spiro atoms. The molecule has 0 saturated carbocycles. The molecule has 2 N–H and O–H groups in total. The van der Waals surface area contributed by atoms with Gasteiger partial charge >= 0.3 is 0 Å². The van der Waals surface area contributed by atoms with Crippen LogP contribution in [0.2, 0.25) is 0 Å². The molecule has 3 aromatic rings. The molecule has 0 bridgehead atoms. The van der Waals surface area contributed by atoms with Crippen molar-refractivity contribution in [3.63, 3.8) is 0 Å². The summed E-state index contributed by atoms with van der Waals surface area (Å²) in [6.45, 7) is 1.74. The molecule has 1 aliphatic rings. The van der Waals surface area contributed by atoms with E-state index in [-0.39, 0.29) is 17.8 Å². The fraction of sp³-hybridized carbons (Fsp3) is 0.333. The van der Waals surface area contributed by atoms with Crippen LogP contribution in [-0.4, -0.2) is 78.4 Å². The molecule has 2 aromatic heterocycles. The average molecular weight is 500 g/mol. The van der Waals surface area contributed by atoms with Crippen LogP contribution in [-0.2, 0) is 4.79 Å². The van der Waals surface area contributed by atoms with E-state index in [0.717, 1.165) is 0 Å². The van der Waals surface area contributed by atoms with Gasteiger partial charge in [0.05, 0.1) is 36.7 Å². The molecule has 1 amide bonds. The number of likely N-dealkylation sites (N-methyl/N-ethyl adjacent to an activating group) is 1. The number of nitrogen functional groups attached to an aromatic ring is 1. The average Bonchev–Trinajstić information content (AvgIpc) is 3.53. The number of nitriles is 1. The summed E-state index contributed by atoms with van der Waals surface area (Å²) in [7, 11) is 7.04. The highest BCUT2D eigenvalue weighted by Gasteiger charge is 2.30. The summed E-state index contributed by atoms with van der Waals surface area (Å²) < 4.78 is 12.4. The van der Waals surface area contributed by atoms with Gasteiger partial charge in [0.25, 0.3) is 0 Å². The Bertz CT molecular complexity index is 1430. The number of aromatic nitrogens is 3. The second kappa shape index (κ2) is 11.0. The fourth-order valence-electron chi connectivity index (χ4n) is 4.25. The molecule has 1 aromatic carbocycles. The van der Waals surface area contributed by atoms with Gasteiger partial charge in [-0.3, -0.25) is 9.48 Å². The van der Waals surface area contributed by atoms with E-state index in [1.165, 1.54) is 6.20 Å². The molecular weight excluding hydrogens is 470 g/mol. The third-order valence-electron chi connectivity index (χ3n) is 6.10. The van der Waals surface area contributed by atoms with Gasteiger partial charge in [-0.2, -0.15) is 10.4 Å². The van der Waals surface area contributed by atoms with Crippen LogP contribution < -0.4 is 15.2 Å². The van der Waals surface area contributed by atoms with Crippen molar-refractivity contribution in [1.29, 1.82) is 5.26 Å². The molecular formula is C27H29N7O3. The zero-order valence-electron chi connectivity index (χ0n) is 21.4. The number of anilines is 1. The van der Waals surface area contributed by atoms with Gasteiger partial charge in [-0.25, -0.2) is 4.98 Å². The molecule has 1 fully saturated rings. The van der Waals surface area contributed by atoms with Gasteiger partial charge in [0, 0.05) is 43.5 Å². The number of carbonyl (C=O) groups excluding carboxylic acids is 1. The number of nitrogens with zero attached hydrogens (tertiary/aromatic N) is 6. The summed E-state index contributed by atoms with van der Waals surface area (Å²) in [5, 5.41) is 15.1. The number of amides is 1. The van der Waals surface area contributed by atoms with Crippen LogP contribution in [0.25, 0.3) is 10.9 Å². The summed E-state index contributed by atoms with van der Waals surface area (Å²) in [4.78, 5) is 20.6. The van der Waals surface area contributed by atoms with E-state index in [1.54, 1.807) is 48.1 Å². The highest BCUT2D eigenvalue weighted by atomic mass is 16.5. The van der Waals surface area contributed by atoms with Crippen molar-refractivity contribution in [2.75, 3.05) is 53.7 Å². The van der Waals surface area contributed by atoms with E-state index in [9.17, 15) is 10.1 Å². The molecule has 10 heteroatoms. The molecule has 37 heavy (non-hydrogen) atoms. The molecule has 0 radical (unpaired) electrons. The van der Waals surface area contributed by atoms with E-state index in [2.05, 4.69) is 22.9 Å². The number of methoxy groups -OCH3 is 2. The van der Waals surface area contributed by atoms with Gasteiger partial charge in [0.2, 0.25) is 5.91 Å². The first kappa shape index (κ1) is 25.5. The number of ether oxygens (including phenoxy) is 2. The van der Waals surface area contributed by atoms with Gasteiger partial charge in [-0.05, 0) is 38.6 Å². The Balaban J connectivity index is 1.72. The van der Waals surface area contributed by atoms with Gasteiger partial charge in [-0.15, -0.1) is 0 Å². The lowest BCUT2D eigenvalue weighted by molar-refractivity contribution is -0.125. The van der Waals surface area contributed by atoms with E-state index in [4.69, 9.17) is 20.3 Å². The first-order valence-corrected chi connectivity index (χ1v) is 11.8. The lowest BCUT2D eigenvalue weighted by atomic mass is 10.1. The normalized spacial score (nSPS) is 15.1. The van der Waals surface area contributed by atoms with Crippen LogP contribution in [0.15, 0.2) is 36.5 Å². The molecule has 1 saturated heterocycles. The number of likely N-dealkylation sites (tertiary alicyclic amines) is 1. The zero-order chi connectivity index (χ0) is 26.5. The van der Waals surface area contributed by atoms with Crippen molar-refractivity contribution in [3.8, 4) is 29.4 Å². The minimum atomic E-state index is -0.130. The van der Waals surface area contributed by atoms with E-state index in [0.29, 0.717) is 65.3 Å². The first-order valence-electron chi connectivity index (χ1n) is 11.8. The summed E-state index contributed by atoms with van der Waals surface area (Å²) in [6, 6.07) is 7.41. The van der Waals surface area contributed by atoms with Crippen molar-refractivity contribution < 1.29 is 14.3 Å². The lowest BCUT2D eigenvalue weighted by Crippen LogP contribution is -2.28. The van der Waals surface area contributed by atoms with E-state index >= 15 is 0 Å². The van der Waals surface area contributed by atoms with E-state index in [1.807, 2.05) is 25.1 Å². The molecule has 1 atom stereocenters. The lowest BCUT2D eigenvalue weighted by Gasteiger charge is -2.16. The van der Waals surface area contributed by atoms with Crippen LogP contribution in [0.4, 0.5) is 5.82 Å². The maximum atomic E-state index is 12.7. The first-order chi connectivity index (χ1) is 17.8. The number of benzene rings is 1. The second-order valence-corrected chi connectivity index (χ2v) is 8.93. The second-order valence-electron chi connectivity index (χ2n) is 8.93. The molecule has 0 aliphatic carbocycles. The zero-order valence-corrected chi connectivity index (χ0v) is 21.4. The summed E-state index contributed by atoms with van der Waals surface area (Å²) in [6.07, 6.45) is 5.59. The number of hydrogen-bond acceptors (Lipinski definition) is 8. The van der Waals surface area contributed by atoms with Crippen LogP contribution in [0, 0.1) is 23.2 Å². The fourth-order valence-corrected chi connectivity index (χ4v) is 4.25. The van der Waals surface area contributed by atoms with Crippen LogP contribution in [0.3, 0.4) is 0 Å². The highest BCUT2D eigenvalue weighted by molar-refractivity contribution is 5.96. The van der Waals surface area contributed by atoms with Gasteiger partial charge < -0.3 is 25.0 Å². The molecule has 1 aliphatic heterocycles. The monoisotopic (exact) mass is 499 g/mol. The molecule has 4 rings (SSSR count). The smallest absolute Gasteiger partial charge is 0.246 e. The highest BCUT2D eigenvalue weighted by Crippen LogP contribution is 2.32. The Morgan fingerprint density at radius 2 is 1.97 bits per heavy atom. The standard InChI is InChI=1S/C27H29N7O3/c1-32(2)10-5-6-24(35)33-11-9-20(17-33)34-26-19(15-28)16-30-27(29)25(26)23(31-34)8-7-18-12-21(36-3)14-22(13-18)37-4/h5-6,12-14,16,20H,9-11,17H2,1-4H3,(H2,29,30)/b6-5+/t20-/m0/s1. The number of pyridine rings is 1. The third kappa shape index (κ3) is 5.50. The maximum Gasteiger partial charge on any atom is 0.246 e. The Morgan fingerprint density at radius 1 is 1.24 bits per heavy atom. The maximum absolute atomic E-state index is 12.7. The largest absolute Gasteiger partial charge is 0.497 e. The minimum absolute atomic E-state index is 0.0468. The molecule has 0 unspecified atom stereocenters. The molecule has 10 nitrogen and oxygen atoms in total. The summed E-state index contributed by atoms with van der Waals surface area (Å²) >= 11 is 0. The number of nitrogens with two attached hydrogens (primary N) is 1. The Morgan fingerprint density at radius 3 is 2.62 bits per heavy atom. The van der Waals surface area contributed by atoms with Gasteiger partial charge in [-0.1, -0.05) is 12.0 Å². The van der Waals surface area contributed by atoms with Crippen molar-refractivity contribution in [1.82, 2.24) is 24.6 Å². The van der Waals surface area contributed by atoms with E-state index < -0.39 is 0 Å². The van der Waals surface area contributed by atoms with Gasteiger partial charge in [0.1, 0.15) is 29.1 Å². The van der Waals surface area contributed by atoms with Gasteiger partial charge in [0.15, 0.2) is 0 Å². The summed E-state index contributed by atoms with van der Waals surface area (Å²) in [5.74, 6) is 7.62. The number of fused-ring (bicyclic) bond motifs is 1. The van der Waals surface area contributed by atoms with Crippen molar-refractivity contribution in [2.24, 2.45) is 0 Å². The molecule has 190 valence electrons. The van der Waals surface area contributed by atoms with Crippen molar-refractivity contribution in [3.05, 3.63) is 53.4 Å².